The molecular weight excluding hydrogens is 159 g/mol. The normalized spacial score (nSPS) is 21.0. The van der Waals surface area contributed by atoms with E-state index in [-0.39, 0.29) is 12.0 Å². The van der Waals surface area contributed by atoms with Gasteiger partial charge in [0.2, 0.25) is 0 Å². The highest BCUT2D eigenvalue weighted by Crippen LogP contribution is 2.26. The first-order chi connectivity index (χ1) is 4.00. The Morgan fingerprint density at radius 2 is 2.11 bits per heavy atom. The smallest absolute Gasteiger partial charge is 0.0600 e. The summed E-state index contributed by atoms with van der Waals surface area (Å²) < 4.78 is 0. The molecule has 0 radical (unpaired) electrons. The average molecular weight is 171 g/mol. The number of alkyl halides is 2. The summed E-state index contributed by atoms with van der Waals surface area (Å²) in [5.74, 6) is 0. The molecule has 0 rings (SSSR count). The van der Waals surface area contributed by atoms with Crippen LogP contribution in [0.15, 0.2) is 0 Å². The van der Waals surface area contributed by atoms with Crippen LogP contribution in [-0.2, 0) is 0 Å². The zero-order chi connectivity index (χ0) is 7.49. The van der Waals surface area contributed by atoms with Crippen molar-refractivity contribution in [2.75, 3.05) is 6.61 Å². The summed E-state index contributed by atoms with van der Waals surface area (Å²) in [6, 6.07) is 0. The molecule has 0 saturated heterocycles. The van der Waals surface area contributed by atoms with Crippen molar-refractivity contribution in [3.05, 3.63) is 0 Å². The fraction of sp³-hybridized carbons (Fsp3) is 1.00. The van der Waals surface area contributed by atoms with E-state index in [1.165, 1.54) is 0 Å². The molecule has 0 aliphatic carbocycles. The first-order valence-corrected chi connectivity index (χ1v) is 3.76. The molecule has 0 spiro atoms. The zero-order valence-electron chi connectivity index (χ0n) is 5.69. The summed E-state index contributed by atoms with van der Waals surface area (Å²) in [4.78, 5) is -0.462. The lowest BCUT2D eigenvalue weighted by Crippen LogP contribution is -2.27. The van der Waals surface area contributed by atoms with Gasteiger partial charge in [0.25, 0.3) is 0 Å². The SMILES string of the molecule is CC(Cl)C(C)(Cl)CCO. The van der Waals surface area contributed by atoms with Gasteiger partial charge in [-0.25, -0.2) is 0 Å². The Hall–Kier alpha value is 0.540. The summed E-state index contributed by atoms with van der Waals surface area (Å²) in [6.07, 6.45) is 0.541. The van der Waals surface area contributed by atoms with Gasteiger partial charge in [0, 0.05) is 12.0 Å². The molecule has 0 aliphatic rings. The first-order valence-electron chi connectivity index (χ1n) is 2.94. The molecule has 1 nitrogen and oxygen atoms in total. The van der Waals surface area contributed by atoms with Gasteiger partial charge in [-0.1, -0.05) is 0 Å². The van der Waals surface area contributed by atoms with Crippen LogP contribution in [0.1, 0.15) is 20.3 Å². The highest BCUT2D eigenvalue weighted by atomic mass is 35.5. The van der Waals surface area contributed by atoms with E-state index in [4.69, 9.17) is 28.3 Å². The Morgan fingerprint density at radius 3 is 2.22 bits per heavy atom. The van der Waals surface area contributed by atoms with Gasteiger partial charge in [-0.2, -0.15) is 0 Å². The molecule has 0 bridgehead atoms. The van der Waals surface area contributed by atoms with E-state index in [0.29, 0.717) is 6.42 Å². The molecule has 0 amide bonds. The van der Waals surface area contributed by atoms with Crippen LogP contribution in [0.5, 0.6) is 0 Å². The van der Waals surface area contributed by atoms with E-state index >= 15 is 0 Å². The topological polar surface area (TPSA) is 20.2 Å². The van der Waals surface area contributed by atoms with Gasteiger partial charge in [0.15, 0.2) is 0 Å². The van der Waals surface area contributed by atoms with Crippen LogP contribution < -0.4 is 0 Å². The van der Waals surface area contributed by atoms with Crippen LogP contribution in [0.25, 0.3) is 0 Å². The fourth-order valence-corrected chi connectivity index (χ4v) is 0.611. The molecule has 9 heavy (non-hydrogen) atoms. The number of aliphatic hydroxyl groups excluding tert-OH is 1. The van der Waals surface area contributed by atoms with Gasteiger partial charge in [-0.05, 0) is 20.3 Å². The Balaban J connectivity index is 3.70. The second-order valence-corrected chi connectivity index (χ2v) is 3.89. The molecule has 2 unspecified atom stereocenters. The molecule has 0 fully saturated rings. The maximum absolute atomic E-state index is 8.51. The van der Waals surface area contributed by atoms with Gasteiger partial charge in [0.05, 0.1) is 4.87 Å². The Kier molecular flexibility index (Phi) is 3.86. The molecule has 0 aromatic heterocycles. The van der Waals surface area contributed by atoms with Crippen molar-refractivity contribution in [1.82, 2.24) is 0 Å². The van der Waals surface area contributed by atoms with E-state index in [9.17, 15) is 0 Å². The molecule has 3 heteroatoms. The summed E-state index contributed by atoms with van der Waals surface area (Å²) in [5, 5.41) is 8.40. The van der Waals surface area contributed by atoms with Gasteiger partial charge in [-0.3, -0.25) is 0 Å². The molecular formula is C6H12Cl2O. The molecule has 2 atom stereocenters. The van der Waals surface area contributed by atoms with Crippen molar-refractivity contribution in [1.29, 1.82) is 0 Å². The van der Waals surface area contributed by atoms with Crippen LogP contribution in [0.3, 0.4) is 0 Å². The van der Waals surface area contributed by atoms with Crippen LogP contribution >= 0.6 is 23.2 Å². The third-order valence-corrected chi connectivity index (χ3v) is 2.54. The predicted molar refractivity (Wildman–Crippen MR) is 41.3 cm³/mol. The molecule has 0 aromatic carbocycles. The molecule has 0 aromatic rings. The van der Waals surface area contributed by atoms with Gasteiger partial charge < -0.3 is 5.11 Å². The Bertz CT molecular complexity index is 81.1. The monoisotopic (exact) mass is 170 g/mol. The Morgan fingerprint density at radius 1 is 1.67 bits per heavy atom. The number of rotatable bonds is 3. The van der Waals surface area contributed by atoms with Crippen LogP contribution in [0, 0.1) is 0 Å². The quantitative estimate of drug-likeness (QED) is 0.643. The zero-order valence-corrected chi connectivity index (χ0v) is 7.21. The van der Waals surface area contributed by atoms with Crippen molar-refractivity contribution < 1.29 is 5.11 Å². The fourth-order valence-electron chi connectivity index (χ4n) is 0.418. The van der Waals surface area contributed by atoms with E-state index < -0.39 is 4.87 Å². The van der Waals surface area contributed by atoms with Gasteiger partial charge >= 0.3 is 0 Å². The highest BCUT2D eigenvalue weighted by Gasteiger charge is 2.25. The summed E-state index contributed by atoms with van der Waals surface area (Å²) in [6.45, 7) is 3.74. The maximum atomic E-state index is 8.51. The molecule has 56 valence electrons. The van der Waals surface area contributed by atoms with Crippen LogP contribution in [-0.4, -0.2) is 22.0 Å². The van der Waals surface area contributed by atoms with Crippen LogP contribution in [0.2, 0.25) is 0 Å². The summed E-state index contributed by atoms with van der Waals surface area (Å²) in [7, 11) is 0. The van der Waals surface area contributed by atoms with Gasteiger partial charge in [0.1, 0.15) is 0 Å². The standard InChI is InChI=1S/C6H12Cl2O/c1-5(7)6(2,8)3-4-9/h5,9H,3-4H2,1-2H3. The summed E-state index contributed by atoms with van der Waals surface area (Å²) >= 11 is 11.6. The van der Waals surface area contributed by atoms with E-state index in [1.54, 1.807) is 0 Å². The van der Waals surface area contributed by atoms with E-state index in [1.807, 2.05) is 13.8 Å². The van der Waals surface area contributed by atoms with Gasteiger partial charge in [-0.15, -0.1) is 23.2 Å². The molecule has 0 aliphatic heterocycles. The molecule has 0 heterocycles. The minimum atomic E-state index is -0.462. The Labute approximate surface area is 66.0 Å². The number of hydrogen-bond acceptors (Lipinski definition) is 1. The largest absolute Gasteiger partial charge is 0.396 e. The minimum Gasteiger partial charge on any atom is -0.396 e. The molecule has 1 N–H and O–H groups in total. The minimum absolute atomic E-state index is 0.0943. The third kappa shape index (κ3) is 3.29. The lowest BCUT2D eigenvalue weighted by Gasteiger charge is -2.23. The first kappa shape index (κ1) is 9.54. The summed E-state index contributed by atoms with van der Waals surface area (Å²) in [5.41, 5.74) is 0. The van der Waals surface area contributed by atoms with Crippen molar-refractivity contribution in [3.63, 3.8) is 0 Å². The van der Waals surface area contributed by atoms with Crippen molar-refractivity contribution in [2.45, 2.75) is 30.5 Å². The number of aliphatic hydroxyl groups is 1. The molecule has 0 saturated carbocycles. The maximum Gasteiger partial charge on any atom is 0.0600 e. The van der Waals surface area contributed by atoms with E-state index in [2.05, 4.69) is 0 Å². The van der Waals surface area contributed by atoms with Crippen LogP contribution in [0.4, 0.5) is 0 Å². The predicted octanol–water partition coefficient (Wildman–Crippen LogP) is 1.99. The highest BCUT2D eigenvalue weighted by molar-refractivity contribution is 6.32. The third-order valence-electron chi connectivity index (χ3n) is 1.43. The lowest BCUT2D eigenvalue weighted by molar-refractivity contribution is 0.269. The van der Waals surface area contributed by atoms with Crippen molar-refractivity contribution in [2.24, 2.45) is 0 Å². The number of halogens is 2. The second-order valence-electron chi connectivity index (χ2n) is 2.37. The van der Waals surface area contributed by atoms with Crippen molar-refractivity contribution in [3.8, 4) is 0 Å². The average Bonchev–Trinajstić information content (AvgIpc) is 1.65. The lowest BCUT2D eigenvalue weighted by atomic mass is 10.0. The second kappa shape index (κ2) is 3.65. The van der Waals surface area contributed by atoms with Crippen molar-refractivity contribution >= 4 is 23.2 Å². The van der Waals surface area contributed by atoms with E-state index in [0.717, 1.165) is 0 Å². The number of hydrogen-bond donors (Lipinski definition) is 1.